The van der Waals surface area contributed by atoms with E-state index in [1.54, 1.807) is 6.92 Å². The van der Waals surface area contributed by atoms with E-state index in [1.807, 2.05) is 0 Å². The lowest BCUT2D eigenvalue weighted by atomic mass is 9.76. The Kier molecular flexibility index (Phi) is 4.33. The van der Waals surface area contributed by atoms with Gasteiger partial charge in [0.1, 0.15) is 0 Å². The SMILES string of the molecule is CC(=O)/C(=C\C(C)C(C)(C)C)C(C)(C)C. The Morgan fingerprint density at radius 1 is 1.07 bits per heavy atom. The van der Waals surface area contributed by atoms with Crippen LogP contribution in [0.25, 0.3) is 0 Å². The third-order valence-corrected chi connectivity index (χ3v) is 2.97. The zero-order valence-corrected chi connectivity index (χ0v) is 11.6. The first-order chi connectivity index (χ1) is 6.46. The van der Waals surface area contributed by atoms with Gasteiger partial charge >= 0.3 is 0 Å². The van der Waals surface area contributed by atoms with Crippen LogP contribution in [0.2, 0.25) is 0 Å². The van der Waals surface area contributed by atoms with Crippen molar-refractivity contribution in [1.29, 1.82) is 0 Å². The molecular formula is C14H26O. The minimum absolute atomic E-state index is 0.0503. The van der Waals surface area contributed by atoms with E-state index in [2.05, 4.69) is 54.5 Å². The molecule has 0 spiro atoms. The Bertz CT molecular complexity index is 258. The molecule has 0 fully saturated rings. The van der Waals surface area contributed by atoms with E-state index in [0.29, 0.717) is 5.92 Å². The molecular weight excluding hydrogens is 184 g/mol. The van der Waals surface area contributed by atoms with Crippen molar-refractivity contribution in [2.75, 3.05) is 0 Å². The second-order valence-electron chi connectivity index (χ2n) is 6.54. The maximum Gasteiger partial charge on any atom is 0.156 e. The summed E-state index contributed by atoms with van der Waals surface area (Å²) in [5.74, 6) is 0.606. The summed E-state index contributed by atoms with van der Waals surface area (Å²) in [6, 6.07) is 0. The molecule has 0 saturated heterocycles. The third kappa shape index (κ3) is 4.63. The van der Waals surface area contributed by atoms with Crippen LogP contribution in [0, 0.1) is 16.7 Å². The lowest BCUT2D eigenvalue weighted by Crippen LogP contribution is -2.21. The third-order valence-electron chi connectivity index (χ3n) is 2.97. The van der Waals surface area contributed by atoms with Crippen molar-refractivity contribution in [1.82, 2.24) is 0 Å². The lowest BCUT2D eigenvalue weighted by Gasteiger charge is -2.28. The van der Waals surface area contributed by atoms with Crippen molar-refractivity contribution in [2.24, 2.45) is 16.7 Å². The number of carbonyl (C=O) groups excluding carboxylic acids is 1. The average Bonchev–Trinajstić information content (AvgIpc) is 1.94. The van der Waals surface area contributed by atoms with Crippen molar-refractivity contribution in [2.45, 2.75) is 55.4 Å². The number of hydrogen-bond acceptors (Lipinski definition) is 1. The fourth-order valence-corrected chi connectivity index (χ4v) is 1.40. The van der Waals surface area contributed by atoms with Gasteiger partial charge in [-0.25, -0.2) is 0 Å². The first-order valence-corrected chi connectivity index (χ1v) is 5.69. The molecule has 0 radical (unpaired) electrons. The number of allylic oxidation sites excluding steroid dienone is 2. The summed E-state index contributed by atoms with van der Waals surface area (Å²) in [5.41, 5.74) is 1.11. The van der Waals surface area contributed by atoms with Gasteiger partial charge in [0.15, 0.2) is 5.78 Å². The first-order valence-electron chi connectivity index (χ1n) is 5.69. The van der Waals surface area contributed by atoms with Crippen LogP contribution < -0.4 is 0 Å². The van der Waals surface area contributed by atoms with Gasteiger partial charge in [0.2, 0.25) is 0 Å². The Morgan fingerprint density at radius 3 is 1.67 bits per heavy atom. The second kappa shape index (κ2) is 4.51. The van der Waals surface area contributed by atoms with Crippen LogP contribution in [0.15, 0.2) is 11.6 Å². The summed E-state index contributed by atoms with van der Waals surface area (Å²) in [4.78, 5) is 11.6. The molecule has 0 rings (SSSR count). The minimum atomic E-state index is -0.0503. The summed E-state index contributed by atoms with van der Waals surface area (Å²) < 4.78 is 0. The fraction of sp³-hybridized carbons (Fsp3) is 0.786. The van der Waals surface area contributed by atoms with Crippen LogP contribution in [0.4, 0.5) is 0 Å². The molecule has 0 aromatic carbocycles. The molecule has 1 atom stereocenters. The molecule has 1 nitrogen and oxygen atoms in total. The molecule has 15 heavy (non-hydrogen) atoms. The van der Waals surface area contributed by atoms with Crippen molar-refractivity contribution in [3.05, 3.63) is 11.6 Å². The van der Waals surface area contributed by atoms with Crippen LogP contribution in [0.5, 0.6) is 0 Å². The van der Waals surface area contributed by atoms with Gasteiger partial charge in [-0.2, -0.15) is 0 Å². The predicted molar refractivity (Wildman–Crippen MR) is 66.8 cm³/mol. The van der Waals surface area contributed by atoms with Crippen LogP contribution >= 0.6 is 0 Å². The summed E-state index contributed by atoms with van der Waals surface area (Å²) in [6.07, 6.45) is 2.14. The highest BCUT2D eigenvalue weighted by Gasteiger charge is 2.25. The van der Waals surface area contributed by atoms with E-state index in [-0.39, 0.29) is 16.6 Å². The predicted octanol–water partition coefficient (Wildman–Crippen LogP) is 4.23. The van der Waals surface area contributed by atoms with Gasteiger partial charge in [-0.1, -0.05) is 54.5 Å². The topological polar surface area (TPSA) is 17.1 Å². The zero-order chi connectivity index (χ0) is 12.4. The number of rotatable bonds is 2. The van der Waals surface area contributed by atoms with E-state index in [0.717, 1.165) is 5.57 Å². The van der Waals surface area contributed by atoms with Gasteiger partial charge in [0.25, 0.3) is 0 Å². The van der Waals surface area contributed by atoms with Gasteiger partial charge < -0.3 is 0 Å². The molecule has 1 unspecified atom stereocenters. The van der Waals surface area contributed by atoms with Crippen molar-refractivity contribution in [3.63, 3.8) is 0 Å². The molecule has 0 amide bonds. The molecule has 0 aliphatic carbocycles. The highest BCUT2D eigenvalue weighted by Crippen LogP contribution is 2.32. The Morgan fingerprint density at radius 2 is 1.47 bits per heavy atom. The molecule has 0 saturated carbocycles. The number of Topliss-reactive ketones (excluding diaryl/α,β-unsaturated/α-hetero) is 1. The summed E-state index contributed by atoms with van der Waals surface area (Å²) >= 11 is 0. The summed E-state index contributed by atoms with van der Waals surface area (Å²) in [5, 5.41) is 0. The summed E-state index contributed by atoms with van der Waals surface area (Å²) in [6.45, 7) is 16.7. The van der Waals surface area contributed by atoms with E-state index in [4.69, 9.17) is 0 Å². The normalized spacial score (nSPS) is 16.4. The summed E-state index contributed by atoms with van der Waals surface area (Å²) in [7, 11) is 0. The average molecular weight is 210 g/mol. The van der Waals surface area contributed by atoms with Gasteiger partial charge in [0, 0.05) is 0 Å². The highest BCUT2D eigenvalue weighted by atomic mass is 16.1. The van der Waals surface area contributed by atoms with Crippen LogP contribution in [0.3, 0.4) is 0 Å². The molecule has 0 heterocycles. The highest BCUT2D eigenvalue weighted by molar-refractivity contribution is 5.94. The van der Waals surface area contributed by atoms with Gasteiger partial charge in [-0.15, -0.1) is 0 Å². The van der Waals surface area contributed by atoms with Crippen molar-refractivity contribution in [3.8, 4) is 0 Å². The number of carbonyl (C=O) groups is 1. The molecule has 0 bridgehead atoms. The first kappa shape index (κ1) is 14.4. The second-order valence-corrected chi connectivity index (χ2v) is 6.54. The maximum absolute atomic E-state index is 11.6. The number of ketones is 1. The smallest absolute Gasteiger partial charge is 0.156 e. The van der Waals surface area contributed by atoms with E-state index < -0.39 is 0 Å². The Balaban J connectivity index is 5.12. The number of hydrogen-bond donors (Lipinski definition) is 0. The molecule has 1 heteroatoms. The minimum Gasteiger partial charge on any atom is -0.295 e. The van der Waals surface area contributed by atoms with Crippen LogP contribution in [-0.4, -0.2) is 5.78 Å². The molecule has 0 aliphatic rings. The molecule has 0 aromatic heterocycles. The van der Waals surface area contributed by atoms with Crippen molar-refractivity contribution >= 4 is 5.78 Å². The molecule has 0 aromatic rings. The molecule has 0 N–H and O–H groups in total. The van der Waals surface area contributed by atoms with Crippen LogP contribution in [-0.2, 0) is 4.79 Å². The maximum atomic E-state index is 11.6. The lowest BCUT2D eigenvalue weighted by molar-refractivity contribution is -0.114. The Hall–Kier alpha value is -0.590. The Labute approximate surface area is 95.0 Å². The van der Waals surface area contributed by atoms with Gasteiger partial charge in [-0.05, 0) is 29.2 Å². The molecule has 88 valence electrons. The standard InChI is InChI=1S/C14H26O/c1-10(13(3,4)5)9-12(11(2)15)14(6,7)8/h9-10H,1-8H3/b12-9+. The van der Waals surface area contributed by atoms with Gasteiger partial charge in [-0.3, -0.25) is 4.79 Å². The van der Waals surface area contributed by atoms with Gasteiger partial charge in [0.05, 0.1) is 0 Å². The van der Waals surface area contributed by atoms with Crippen molar-refractivity contribution < 1.29 is 4.79 Å². The quantitative estimate of drug-likeness (QED) is 0.623. The largest absolute Gasteiger partial charge is 0.295 e. The zero-order valence-electron chi connectivity index (χ0n) is 11.6. The van der Waals surface area contributed by atoms with E-state index >= 15 is 0 Å². The fourth-order valence-electron chi connectivity index (χ4n) is 1.40. The van der Waals surface area contributed by atoms with E-state index in [1.165, 1.54) is 0 Å². The molecule has 0 aliphatic heterocycles. The van der Waals surface area contributed by atoms with E-state index in [9.17, 15) is 4.79 Å². The monoisotopic (exact) mass is 210 g/mol. The van der Waals surface area contributed by atoms with Crippen LogP contribution in [0.1, 0.15) is 55.4 Å².